The SMILES string of the molecule is CC(C)=CC[C@H](C)CC[C@@H](C)CCC(C)C. The van der Waals surface area contributed by atoms with Crippen LogP contribution < -0.4 is 0 Å². The summed E-state index contributed by atoms with van der Waals surface area (Å²) < 4.78 is 0. The van der Waals surface area contributed by atoms with Crippen LogP contribution in [0, 0.1) is 17.8 Å². The highest BCUT2D eigenvalue weighted by Gasteiger charge is 2.06. The summed E-state index contributed by atoms with van der Waals surface area (Å²) in [5.74, 6) is 2.64. The van der Waals surface area contributed by atoms with Crippen molar-refractivity contribution in [2.24, 2.45) is 17.8 Å². The maximum atomic E-state index is 2.41. The van der Waals surface area contributed by atoms with E-state index < -0.39 is 0 Å². The Morgan fingerprint density at radius 3 is 1.81 bits per heavy atom. The molecule has 0 aromatic rings. The minimum Gasteiger partial charge on any atom is -0.0856 e. The Bertz CT molecular complexity index is 184. The van der Waals surface area contributed by atoms with E-state index in [-0.39, 0.29) is 0 Å². The second kappa shape index (κ2) is 8.84. The third-order valence-electron chi connectivity index (χ3n) is 3.32. The summed E-state index contributed by atoms with van der Waals surface area (Å²) in [4.78, 5) is 0. The first kappa shape index (κ1) is 15.7. The lowest BCUT2D eigenvalue weighted by molar-refractivity contribution is 0.384. The van der Waals surface area contributed by atoms with Crippen LogP contribution in [-0.2, 0) is 0 Å². The maximum absolute atomic E-state index is 2.41. The minimum absolute atomic E-state index is 0.858. The standard InChI is InChI=1S/C16H32/c1-13(2)7-9-15(5)11-12-16(6)10-8-14(3)4/h7,14-16H,8-12H2,1-6H3/t15-,16-/m0/s1. The average Bonchev–Trinajstić information content (AvgIpc) is 2.20. The molecule has 0 aliphatic carbocycles. The van der Waals surface area contributed by atoms with Crippen molar-refractivity contribution in [2.45, 2.75) is 73.6 Å². The number of hydrogen-bond acceptors (Lipinski definition) is 0. The van der Waals surface area contributed by atoms with Crippen LogP contribution in [0.4, 0.5) is 0 Å². The van der Waals surface area contributed by atoms with Crippen molar-refractivity contribution in [3.05, 3.63) is 11.6 Å². The molecule has 0 heterocycles. The molecule has 96 valence electrons. The fraction of sp³-hybridized carbons (Fsp3) is 0.875. The molecule has 0 N–H and O–H groups in total. The molecule has 0 bridgehead atoms. The molecule has 0 spiro atoms. The molecule has 0 saturated carbocycles. The second-order valence-corrected chi connectivity index (χ2v) is 6.28. The predicted molar refractivity (Wildman–Crippen MR) is 75.7 cm³/mol. The van der Waals surface area contributed by atoms with Crippen molar-refractivity contribution in [2.75, 3.05) is 0 Å². The van der Waals surface area contributed by atoms with Crippen LogP contribution in [-0.4, -0.2) is 0 Å². The highest BCUT2D eigenvalue weighted by atomic mass is 14.1. The zero-order valence-corrected chi connectivity index (χ0v) is 12.3. The van der Waals surface area contributed by atoms with Crippen LogP contribution in [0.15, 0.2) is 11.6 Å². The summed E-state index contributed by atoms with van der Waals surface area (Å²) in [5.41, 5.74) is 1.46. The second-order valence-electron chi connectivity index (χ2n) is 6.28. The summed E-state index contributed by atoms with van der Waals surface area (Å²) in [6.07, 6.45) is 9.24. The molecule has 0 radical (unpaired) electrons. The van der Waals surface area contributed by atoms with Gasteiger partial charge in [0.25, 0.3) is 0 Å². The number of hydrogen-bond donors (Lipinski definition) is 0. The van der Waals surface area contributed by atoms with Gasteiger partial charge in [-0.25, -0.2) is 0 Å². The lowest BCUT2D eigenvalue weighted by Gasteiger charge is -2.15. The zero-order valence-electron chi connectivity index (χ0n) is 12.3. The molecule has 0 rings (SSSR count). The van der Waals surface area contributed by atoms with E-state index in [1.165, 1.54) is 37.7 Å². The van der Waals surface area contributed by atoms with Crippen molar-refractivity contribution < 1.29 is 0 Å². The van der Waals surface area contributed by atoms with E-state index >= 15 is 0 Å². The fourth-order valence-electron chi connectivity index (χ4n) is 1.89. The van der Waals surface area contributed by atoms with Crippen molar-refractivity contribution in [3.8, 4) is 0 Å². The van der Waals surface area contributed by atoms with E-state index in [0.29, 0.717) is 0 Å². The highest BCUT2D eigenvalue weighted by molar-refractivity contribution is 4.93. The van der Waals surface area contributed by atoms with Gasteiger partial charge in [-0.1, -0.05) is 65.0 Å². The van der Waals surface area contributed by atoms with Gasteiger partial charge in [0.15, 0.2) is 0 Å². The largest absolute Gasteiger partial charge is 0.0856 e. The van der Waals surface area contributed by atoms with Crippen molar-refractivity contribution >= 4 is 0 Å². The molecule has 0 heteroatoms. The Labute approximate surface area is 104 Å². The van der Waals surface area contributed by atoms with Crippen molar-refractivity contribution in [3.63, 3.8) is 0 Å². The smallest absolute Gasteiger partial charge is 0.0322 e. The lowest BCUT2D eigenvalue weighted by atomic mass is 9.91. The molecule has 0 unspecified atom stereocenters. The van der Waals surface area contributed by atoms with Gasteiger partial charge >= 0.3 is 0 Å². The van der Waals surface area contributed by atoms with Gasteiger partial charge in [0.1, 0.15) is 0 Å². The molecule has 0 nitrogen and oxygen atoms in total. The molecular formula is C16H32. The van der Waals surface area contributed by atoms with Gasteiger partial charge in [0.05, 0.1) is 0 Å². The Hall–Kier alpha value is -0.260. The first-order valence-electron chi connectivity index (χ1n) is 7.05. The molecule has 0 aliphatic heterocycles. The van der Waals surface area contributed by atoms with Crippen molar-refractivity contribution in [1.29, 1.82) is 0 Å². The number of allylic oxidation sites excluding steroid dienone is 2. The summed E-state index contributed by atoms with van der Waals surface area (Å²) in [7, 11) is 0. The lowest BCUT2D eigenvalue weighted by Crippen LogP contribution is -2.01. The van der Waals surface area contributed by atoms with Gasteiger partial charge in [-0.05, 0) is 38.0 Å². The highest BCUT2D eigenvalue weighted by Crippen LogP contribution is 2.21. The van der Waals surface area contributed by atoms with Crippen LogP contribution in [0.3, 0.4) is 0 Å². The number of rotatable bonds is 8. The van der Waals surface area contributed by atoms with E-state index in [2.05, 4.69) is 47.6 Å². The molecular weight excluding hydrogens is 192 g/mol. The Morgan fingerprint density at radius 1 is 0.812 bits per heavy atom. The predicted octanol–water partition coefficient (Wildman–Crippen LogP) is 5.83. The normalized spacial score (nSPS) is 14.9. The van der Waals surface area contributed by atoms with Gasteiger partial charge in [-0.15, -0.1) is 0 Å². The molecule has 0 aromatic heterocycles. The molecule has 2 atom stereocenters. The van der Waals surface area contributed by atoms with Gasteiger partial charge in [-0.2, -0.15) is 0 Å². The molecule has 0 amide bonds. The van der Waals surface area contributed by atoms with E-state index in [9.17, 15) is 0 Å². The van der Waals surface area contributed by atoms with Gasteiger partial charge < -0.3 is 0 Å². The molecule has 0 fully saturated rings. The van der Waals surface area contributed by atoms with E-state index in [0.717, 1.165) is 17.8 Å². The first-order chi connectivity index (χ1) is 7.41. The molecule has 16 heavy (non-hydrogen) atoms. The van der Waals surface area contributed by atoms with Gasteiger partial charge in [0.2, 0.25) is 0 Å². The van der Waals surface area contributed by atoms with Gasteiger partial charge in [0, 0.05) is 0 Å². The molecule has 0 saturated heterocycles. The summed E-state index contributed by atoms with van der Waals surface area (Å²) >= 11 is 0. The van der Waals surface area contributed by atoms with Crippen LogP contribution in [0.25, 0.3) is 0 Å². The first-order valence-corrected chi connectivity index (χ1v) is 7.05. The Balaban J connectivity index is 3.58. The van der Waals surface area contributed by atoms with Crippen LogP contribution in [0.1, 0.15) is 73.6 Å². The topological polar surface area (TPSA) is 0 Å². The van der Waals surface area contributed by atoms with Gasteiger partial charge in [-0.3, -0.25) is 0 Å². The summed E-state index contributed by atoms with van der Waals surface area (Å²) in [5, 5.41) is 0. The van der Waals surface area contributed by atoms with E-state index in [4.69, 9.17) is 0 Å². The minimum atomic E-state index is 0.858. The van der Waals surface area contributed by atoms with Crippen LogP contribution in [0.2, 0.25) is 0 Å². The van der Waals surface area contributed by atoms with Crippen LogP contribution in [0.5, 0.6) is 0 Å². The Kier molecular flexibility index (Phi) is 8.70. The summed E-state index contributed by atoms with van der Waals surface area (Å²) in [6.45, 7) is 13.8. The average molecular weight is 224 g/mol. The third kappa shape index (κ3) is 10.3. The zero-order chi connectivity index (χ0) is 12.6. The maximum Gasteiger partial charge on any atom is -0.0322 e. The fourth-order valence-corrected chi connectivity index (χ4v) is 1.89. The third-order valence-corrected chi connectivity index (χ3v) is 3.32. The quantitative estimate of drug-likeness (QED) is 0.455. The molecule has 0 aromatic carbocycles. The monoisotopic (exact) mass is 224 g/mol. The van der Waals surface area contributed by atoms with Crippen molar-refractivity contribution in [1.82, 2.24) is 0 Å². The summed E-state index contributed by atoms with van der Waals surface area (Å²) in [6, 6.07) is 0. The van der Waals surface area contributed by atoms with E-state index in [1.807, 2.05) is 0 Å². The van der Waals surface area contributed by atoms with E-state index in [1.54, 1.807) is 0 Å². The Morgan fingerprint density at radius 2 is 1.31 bits per heavy atom. The molecule has 0 aliphatic rings. The van der Waals surface area contributed by atoms with Crippen LogP contribution >= 0.6 is 0 Å².